The number of carboxylic acid groups (broad SMARTS) is 1. The maximum atomic E-state index is 11.2. The lowest BCUT2D eigenvalue weighted by molar-refractivity contribution is -0.152. The molecule has 3 nitrogen and oxygen atoms in total. The van der Waals surface area contributed by atoms with E-state index in [2.05, 4.69) is 15.9 Å². The van der Waals surface area contributed by atoms with Crippen LogP contribution in [0.5, 0.6) is 0 Å². The maximum absolute atomic E-state index is 11.2. The van der Waals surface area contributed by atoms with Crippen molar-refractivity contribution >= 4 is 21.9 Å². The van der Waals surface area contributed by atoms with E-state index in [1.165, 1.54) is 0 Å². The van der Waals surface area contributed by atoms with Crippen LogP contribution in [0.15, 0.2) is 28.7 Å². The van der Waals surface area contributed by atoms with Crippen LogP contribution in [0, 0.1) is 5.92 Å². The van der Waals surface area contributed by atoms with Crippen LogP contribution in [-0.2, 0) is 10.4 Å². The minimum absolute atomic E-state index is 0.448. The van der Waals surface area contributed by atoms with Crippen LogP contribution >= 0.6 is 15.9 Å². The number of benzene rings is 1. The number of rotatable bonds is 5. The van der Waals surface area contributed by atoms with Crippen molar-refractivity contribution in [2.45, 2.75) is 32.3 Å². The molecule has 0 aliphatic carbocycles. The van der Waals surface area contributed by atoms with Gasteiger partial charge in [0.2, 0.25) is 0 Å². The van der Waals surface area contributed by atoms with Gasteiger partial charge in [-0.05, 0) is 25.0 Å². The van der Waals surface area contributed by atoms with E-state index in [1.54, 1.807) is 25.1 Å². The van der Waals surface area contributed by atoms with Gasteiger partial charge in [-0.15, -0.1) is 0 Å². The minimum atomic E-state index is -1.37. The van der Waals surface area contributed by atoms with Crippen LogP contribution in [0.25, 0.3) is 0 Å². The molecule has 0 bridgehead atoms. The van der Waals surface area contributed by atoms with Crippen molar-refractivity contribution in [2.24, 2.45) is 5.92 Å². The van der Waals surface area contributed by atoms with Gasteiger partial charge in [0.1, 0.15) is 5.60 Å². The molecule has 17 heavy (non-hydrogen) atoms. The zero-order valence-corrected chi connectivity index (χ0v) is 11.6. The van der Waals surface area contributed by atoms with Crippen molar-refractivity contribution < 1.29 is 15.0 Å². The van der Waals surface area contributed by atoms with Gasteiger partial charge in [-0.25, -0.2) is 0 Å². The van der Waals surface area contributed by atoms with Crippen molar-refractivity contribution in [3.8, 4) is 0 Å². The van der Waals surface area contributed by atoms with E-state index in [4.69, 9.17) is 0 Å². The van der Waals surface area contributed by atoms with E-state index in [-0.39, 0.29) is 0 Å². The molecule has 1 rings (SSSR count). The Kier molecular flexibility index (Phi) is 4.71. The second kappa shape index (κ2) is 5.65. The third-order valence-corrected chi connectivity index (χ3v) is 3.66. The lowest BCUT2D eigenvalue weighted by Crippen LogP contribution is -2.37. The Bertz CT molecular complexity index is 401. The van der Waals surface area contributed by atoms with E-state index in [9.17, 15) is 15.0 Å². The highest BCUT2D eigenvalue weighted by Crippen LogP contribution is 2.36. The molecule has 0 aromatic heterocycles. The first-order valence-electron chi connectivity index (χ1n) is 5.61. The van der Waals surface area contributed by atoms with Crippen LogP contribution < -0.4 is 0 Å². The van der Waals surface area contributed by atoms with Gasteiger partial charge in [-0.3, -0.25) is 4.79 Å². The fraction of sp³-hybridized carbons (Fsp3) is 0.462. The summed E-state index contributed by atoms with van der Waals surface area (Å²) in [5.41, 5.74) is -0.761. The second-order valence-electron chi connectivity index (χ2n) is 4.31. The second-order valence-corrected chi connectivity index (χ2v) is 5.16. The van der Waals surface area contributed by atoms with Gasteiger partial charge < -0.3 is 10.2 Å². The van der Waals surface area contributed by atoms with Gasteiger partial charge in [-0.2, -0.15) is 0 Å². The van der Waals surface area contributed by atoms with Crippen molar-refractivity contribution in [2.75, 3.05) is 0 Å². The molecule has 0 radical (unpaired) electrons. The van der Waals surface area contributed by atoms with Crippen LogP contribution in [0.1, 0.15) is 32.3 Å². The smallest absolute Gasteiger partial charge is 0.309 e. The monoisotopic (exact) mass is 300 g/mol. The third-order valence-electron chi connectivity index (χ3n) is 2.97. The zero-order valence-electron chi connectivity index (χ0n) is 9.98. The van der Waals surface area contributed by atoms with E-state index in [0.29, 0.717) is 12.0 Å². The molecule has 4 heteroatoms. The van der Waals surface area contributed by atoms with E-state index < -0.39 is 17.5 Å². The molecule has 1 aromatic carbocycles. The van der Waals surface area contributed by atoms with Gasteiger partial charge in [0.05, 0.1) is 5.92 Å². The Morgan fingerprint density at radius 2 is 2.06 bits per heavy atom. The largest absolute Gasteiger partial charge is 0.481 e. The average molecular weight is 301 g/mol. The summed E-state index contributed by atoms with van der Waals surface area (Å²) >= 11 is 3.35. The van der Waals surface area contributed by atoms with E-state index >= 15 is 0 Å². The van der Waals surface area contributed by atoms with E-state index in [1.807, 2.05) is 13.0 Å². The summed E-state index contributed by atoms with van der Waals surface area (Å²) in [5, 5.41) is 19.7. The topological polar surface area (TPSA) is 57.5 Å². The summed E-state index contributed by atoms with van der Waals surface area (Å²) in [5.74, 6) is -1.76. The van der Waals surface area contributed by atoms with Crippen LogP contribution in [0.2, 0.25) is 0 Å². The molecule has 0 spiro atoms. The standard InChI is InChI=1S/C13H17BrO3/c1-3-6-10(12(15)16)13(2,17)9-7-4-5-8-11(9)14/h4-5,7-8,10,17H,3,6H2,1-2H3,(H,15,16). The molecule has 2 unspecified atom stereocenters. The van der Waals surface area contributed by atoms with Crippen LogP contribution in [0.3, 0.4) is 0 Å². The molecule has 1 aromatic rings. The minimum Gasteiger partial charge on any atom is -0.481 e. The number of hydrogen-bond donors (Lipinski definition) is 2. The predicted molar refractivity (Wildman–Crippen MR) is 69.7 cm³/mol. The lowest BCUT2D eigenvalue weighted by Gasteiger charge is -2.31. The van der Waals surface area contributed by atoms with E-state index in [0.717, 1.165) is 10.9 Å². The van der Waals surface area contributed by atoms with Crippen molar-refractivity contribution in [1.29, 1.82) is 0 Å². The molecular formula is C13H17BrO3. The molecule has 0 heterocycles. The number of hydrogen-bond acceptors (Lipinski definition) is 2. The number of halogens is 1. The molecule has 0 fully saturated rings. The Morgan fingerprint density at radius 3 is 2.53 bits per heavy atom. The first-order valence-corrected chi connectivity index (χ1v) is 6.40. The molecule has 2 N–H and O–H groups in total. The van der Waals surface area contributed by atoms with Gasteiger partial charge >= 0.3 is 5.97 Å². The lowest BCUT2D eigenvalue weighted by atomic mass is 9.80. The zero-order chi connectivity index (χ0) is 13.1. The summed E-state index contributed by atoms with van der Waals surface area (Å²) < 4.78 is 0.729. The average Bonchev–Trinajstić information content (AvgIpc) is 2.25. The first kappa shape index (κ1) is 14.2. The summed E-state index contributed by atoms with van der Waals surface area (Å²) in [6.45, 7) is 3.47. The molecule has 0 amide bonds. The number of aliphatic carboxylic acids is 1. The molecule has 2 atom stereocenters. The number of aliphatic hydroxyl groups is 1. The molecule has 0 saturated carbocycles. The first-order chi connectivity index (χ1) is 7.91. The highest BCUT2D eigenvalue weighted by atomic mass is 79.9. The fourth-order valence-corrected chi connectivity index (χ4v) is 2.68. The number of carbonyl (C=O) groups is 1. The Labute approximate surface area is 110 Å². The number of carboxylic acids is 1. The molecule has 0 aliphatic heterocycles. The molecular weight excluding hydrogens is 284 g/mol. The van der Waals surface area contributed by atoms with Gasteiger partial charge in [-0.1, -0.05) is 47.5 Å². The predicted octanol–water partition coefficient (Wildman–Crippen LogP) is 3.16. The van der Waals surface area contributed by atoms with Gasteiger partial charge in [0.15, 0.2) is 0 Å². The summed E-state index contributed by atoms with van der Waals surface area (Å²) in [6, 6.07) is 7.17. The SMILES string of the molecule is CCCC(C(=O)O)C(C)(O)c1ccccc1Br. The molecule has 0 saturated heterocycles. The Hall–Kier alpha value is -0.870. The van der Waals surface area contributed by atoms with Crippen molar-refractivity contribution in [1.82, 2.24) is 0 Å². The maximum Gasteiger partial charge on any atom is 0.309 e. The summed E-state index contributed by atoms with van der Waals surface area (Å²) in [7, 11) is 0. The highest BCUT2D eigenvalue weighted by molar-refractivity contribution is 9.10. The van der Waals surface area contributed by atoms with Crippen molar-refractivity contribution in [3.63, 3.8) is 0 Å². The van der Waals surface area contributed by atoms with Crippen LogP contribution in [-0.4, -0.2) is 16.2 Å². The normalized spacial score (nSPS) is 16.2. The van der Waals surface area contributed by atoms with Gasteiger partial charge in [0.25, 0.3) is 0 Å². The molecule has 0 aliphatic rings. The van der Waals surface area contributed by atoms with Crippen molar-refractivity contribution in [3.05, 3.63) is 34.3 Å². The highest BCUT2D eigenvalue weighted by Gasteiger charge is 2.39. The fourth-order valence-electron chi connectivity index (χ4n) is 1.99. The van der Waals surface area contributed by atoms with Gasteiger partial charge in [0, 0.05) is 4.47 Å². The third kappa shape index (κ3) is 3.07. The summed E-state index contributed by atoms with van der Waals surface area (Å²) in [4.78, 5) is 11.2. The Balaban J connectivity index is 3.16. The quantitative estimate of drug-likeness (QED) is 0.878. The Morgan fingerprint density at radius 1 is 1.47 bits per heavy atom. The van der Waals surface area contributed by atoms with Crippen LogP contribution in [0.4, 0.5) is 0 Å². The molecule has 94 valence electrons. The summed E-state index contributed by atoms with van der Waals surface area (Å²) in [6.07, 6.45) is 1.17.